The van der Waals surface area contributed by atoms with Crippen LogP contribution in [-0.4, -0.2) is 43.1 Å². The number of likely N-dealkylation sites (tertiary alicyclic amines) is 1. The Morgan fingerprint density at radius 1 is 1.14 bits per heavy atom. The summed E-state index contributed by atoms with van der Waals surface area (Å²) in [6.45, 7) is 3.20. The summed E-state index contributed by atoms with van der Waals surface area (Å²) in [5.41, 5.74) is 1.11. The van der Waals surface area contributed by atoms with Crippen LogP contribution >= 0.6 is 23.2 Å². The highest BCUT2D eigenvalue weighted by atomic mass is 35.5. The number of amides is 1. The van der Waals surface area contributed by atoms with Gasteiger partial charge in [0.25, 0.3) is 5.91 Å². The Balaban J connectivity index is 1.37. The fraction of sp³-hybridized carbons (Fsp3) is 0.333. The van der Waals surface area contributed by atoms with Gasteiger partial charge in [0.1, 0.15) is 11.9 Å². The fourth-order valence-corrected chi connectivity index (χ4v) is 3.41. The number of rotatable bonds is 6. The maximum Gasteiger partial charge on any atom is 0.251 e. The SMILES string of the molecule is N#Cc1ccc(C(=O)NCCN2CCC(Oc3ccc(Cl)c(Cl)c3)CC2)cc1. The molecule has 0 unspecified atom stereocenters. The summed E-state index contributed by atoms with van der Waals surface area (Å²) in [5.74, 6) is 0.616. The van der Waals surface area contributed by atoms with Crippen LogP contribution in [0.3, 0.4) is 0 Å². The number of benzene rings is 2. The normalized spacial score (nSPS) is 15.0. The van der Waals surface area contributed by atoms with Crippen LogP contribution in [0.4, 0.5) is 0 Å². The highest BCUT2D eigenvalue weighted by Gasteiger charge is 2.20. The molecule has 1 aliphatic heterocycles. The molecule has 0 atom stereocenters. The van der Waals surface area contributed by atoms with Gasteiger partial charge in [-0.2, -0.15) is 5.26 Å². The van der Waals surface area contributed by atoms with Crippen LogP contribution < -0.4 is 10.1 Å². The summed E-state index contributed by atoms with van der Waals surface area (Å²) < 4.78 is 6.00. The third kappa shape index (κ3) is 5.62. The van der Waals surface area contributed by atoms with Gasteiger partial charge < -0.3 is 15.0 Å². The van der Waals surface area contributed by atoms with E-state index >= 15 is 0 Å². The standard InChI is InChI=1S/C21H21Cl2N3O2/c22-19-6-5-18(13-20(19)23)28-17-7-10-26(11-8-17)12-9-25-21(27)16-3-1-15(14-24)2-4-16/h1-6,13,17H,7-12H2,(H,25,27). The van der Waals surface area contributed by atoms with Gasteiger partial charge in [-0.1, -0.05) is 23.2 Å². The molecule has 3 rings (SSSR count). The molecular formula is C21H21Cl2N3O2. The molecule has 2 aromatic rings. The average molecular weight is 418 g/mol. The molecule has 7 heteroatoms. The minimum Gasteiger partial charge on any atom is -0.490 e. The monoisotopic (exact) mass is 417 g/mol. The number of ether oxygens (including phenoxy) is 1. The molecule has 1 amide bonds. The number of halogens is 2. The Bertz CT molecular complexity index is 857. The zero-order valence-corrected chi connectivity index (χ0v) is 16.8. The molecule has 2 aromatic carbocycles. The second kappa shape index (κ2) is 9.79. The fourth-order valence-electron chi connectivity index (χ4n) is 3.12. The summed E-state index contributed by atoms with van der Waals surface area (Å²) in [5, 5.41) is 12.7. The van der Waals surface area contributed by atoms with Gasteiger partial charge in [-0.25, -0.2) is 0 Å². The van der Waals surface area contributed by atoms with Crippen molar-refractivity contribution >= 4 is 29.1 Å². The lowest BCUT2D eigenvalue weighted by Gasteiger charge is -2.32. The summed E-state index contributed by atoms with van der Waals surface area (Å²) in [6.07, 6.45) is 2.00. The number of carbonyl (C=O) groups excluding carboxylic acids is 1. The molecule has 1 saturated heterocycles. The van der Waals surface area contributed by atoms with Crippen LogP contribution in [0, 0.1) is 11.3 Å². The Morgan fingerprint density at radius 2 is 1.86 bits per heavy atom. The van der Waals surface area contributed by atoms with Gasteiger partial charge in [-0.05, 0) is 49.2 Å². The minimum atomic E-state index is -0.123. The van der Waals surface area contributed by atoms with Gasteiger partial charge in [-0.3, -0.25) is 4.79 Å². The Morgan fingerprint density at radius 3 is 2.50 bits per heavy atom. The van der Waals surface area contributed by atoms with Crippen molar-refractivity contribution in [2.45, 2.75) is 18.9 Å². The van der Waals surface area contributed by atoms with Gasteiger partial charge in [0.05, 0.1) is 21.7 Å². The van der Waals surface area contributed by atoms with Crippen LogP contribution in [0.2, 0.25) is 10.0 Å². The molecule has 1 aliphatic rings. The average Bonchev–Trinajstić information content (AvgIpc) is 2.72. The third-order valence-electron chi connectivity index (χ3n) is 4.72. The zero-order chi connectivity index (χ0) is 19.9. The molecule has 0 bridgehead atoms. The van der Waals surface area contributed by atoms with Gasteiger partial charge >= 0.3 is 0 Å². The van der Waals surface area contributed by atoms with E-state index in [0.29, 0.717) is 27.7 Å². The van der Waals surface area contributed by atoms with E-state index in [4.69, 9.17) is 33.2 Å². The van der Waals surface area contributed by atoms with E-state index < -0.39 is 0 Å². The number of piperidine rings is 1. The first-order valence-electron chi connectivity index (χ1n) is 9.17. The second-order valence-corrected chi connectivity index (χ2v) is 7.49. The molecule has 1 fully saturated rings. The van der Waals surface area contributed by atoms with E-state index in [0.717, 1.165) is 38.2 Å². The number of hydrogen-bond donors (Lipinski definition) is 1. The quantitative estimate of drug-likeness (QED) is 0.766. The molecule has 146 valence electrons. The maximum atomic E-state index is 12.1. The topological polar surface area (TPSA) is 65.4 Å². The van der Waals surface area contributed by atoms with Crippen molar-refractivity contribution in [2.24, 2.45) is 0 Å². The predicted molar refractivity (Wildman–Crippen MR) is 110 cm³/mol. The molecule has 0 radical (unpaired) electrons. The lowest BCUT2D eigenvalue weighted by molar-refractivity contribution is 0.0905. The lowest BCUT2D eigenvalue weighted by atomic mass is 10.1. The van der Waals surface area contributed by atoms with Crippen LogP contribution in [0.25, 0.3) is 0 Å². The summed E-state index contributed by atoms with van der Waals surface area (Å²) in [6, 6.07) is 14.0. The van der Waals surface area contributed by atoms with Crippen molar-refractivity contribution in [1.82, 2.24) is 10.2 Å². The molecule has 5 nitrogen and oxygen atoms in total. The number of nitrogens with one attached hydrogen (secondary N) is 1. The van der Waals surface area contributed by atoms with Crippen molar-refractivity contribution in [2.75, 3.05) is 26.2 Å². The molecule has 28 heavy (non-hydrogen) atoms. The highest BCUT2D eigenvalue weighted by molar-refractivity contribution is 6.42. The largest absolute Gasteiger partial charge is 0.490 e. The first-order valence-corrected chi connectivity index (χ1v) is 9.93. The lowest BCUT2D eigenvalue weighted by Crippen LogP contribution is -2.42. The van der Waals surface area contributed by atoms with Gasteiger partial charge in [0, 0.05) is 37.8 Å². The van der Waals surface area contributed by atoms with Gasteiger partial charge in [-0.15, -0.1) is 0 Å². The third-order valence-corrected chi connectivity index (χ3v) is 5.46. The van der Waals surface area contributed by atoms with Crippen molar-refractivity contribution in [3.63, 3.8) is 0 Å². The zero-order valence-electron chi connectivity index (χ0n) is 15.3. The molecule has 0 aliphatic carbocycles. The first kappa shape index (κ1) is 20.5. The first-order chi connectivity index (χ1) is 13.5. The second-order valence-electron chi connectivity index (χ2n) is 6.68. The van der Waals surface area contributed by atoms with E-state index in [2.05, 4.69) is 10.2 Å². The summed E-state index contributed by atoms with van der Waals surface area (Å²) in [4.78, 5) is 14.5. The molecule has 1 heterocycles. The number of hydrogen-bond acceptors (Lipinski definition) is 4. The Kier molecular flexibility index (Phi) is 7.16. The van der Waals surface area contributed by atoms with Crippen LogP contribution in [-0.2, 0) is 0 Å². The van der Waals surface area contributed by atoms with Crippen LogP contribution in [0.5, 0.6) is 5.75 Å². The van der Waals surface area contributed by atoms with Crippen LogP contribution in [0.1, 0.15) is 28.8 Å². The van der Waals surface area contributed by atoms with E-state index in [1.54, 1.807) is 36.4 Å². The summed E-state index contributed by atoms with van der Waals surface area (Å²) >= 11 is 12.0. The number of carbonyl (C=O) groups is 1. The molecule has 0 aromatic heterocycles. The van der Waals surface area contributed by atoms with E-state index in [1.807, 2.05) is 12.1 Å². The smallest absolute Gasteiger partial charge is 0.251 e. The van der Waals surface area contributed by atoms with Gasteiger partial charge in [0.2, 0.25) is 0 Å². The van der Waals surface area contributed by atoms with E-state index in [9.17, 15) is 4.79 Å². The van der Waals surface area contributed by atoms with Crippen molar-refractivity contribution in [3.8, 4) is 11.8 Å². The van der Waals surface area contributed by atoms with E-state index in [-0.39, 0.29) is 12.0 Å². The van der Waals surface area contributed by atoms with Crippen molar-refractivity contribution in [1.29, 1.82) is 5.26 Å². The molecular weight excluding hydrogens is 397 g/mol. The Labute approximate surface area is 174 Å². The highest BCUT2D eigenvalue weighted by Crippen LogP contribution is 2.28. The van der Waals surface area contributed by atoms with E-state index in [1.165, 1.54) is 0 Å². The minimum absolute atomic E-state index is 0.123. The van der Waals surface area contributed by atoms with Gasteiger partial charge in [0.15, 0.2) is 0 Å². The van der Waals surface area contributed by atoms with Crippen LogP contribution in [0.15, 0.2) is 42.5 Å². The number of nitrogens with zero attached hydrogens (tertiary/aromatic N) is 2. The van der Waals surface area contributed by atoms with Crippen molar-refractivity contribution < 1.29 is 9.53 Å². The predicted octanol–water partition coefficient (Wildman–Crippen LogP) is 4.14. The summed E-state index contributed by atoms with van der Waals surface area (Å²) in [7, 11) is 0. The van der Waals surface area contributed by atoms with Crippen molar-refractivity contribution in [3.05, 3.63) is 63.6 Å². The molecule has 1 N–H and O–H groups in total. The molecule has 0 spiro atoms. The number of nitriles is 1. The maximum absolute atomic E-state index is 12.1. The Hall–Kier alpha value is -2.26. The molecule has 0 saturated carbocycles.